The fourth-order valence-corrected chi connectivity index (χ4v) is 5.90. The van der Waals surface area contributed by atoms with Gasteiger partial charge in [-0.2, -0.15) is 5.10 Å². The first-order valence-electron chi connectivity index (χ1n) is 12.4. The standard InChI is InChI=1S/C27H32N4O3S/c1-27(26(33)28-19-10-6-4-3-5-7-11-19)18-30-23(17-22(29-30)24-14-9-15-35-24)25(32)31(27)20-12-8-13-21(16-20)34-2/h8-9,12-17,19H,3-7,10-11,18H2,1-2H3,(H,28,33). The number of nitrogens with one attached hydrogen (secondary N) is 1. The quantitative estimate of drug-likeness (QED) is 0.527. The highest BCUT2D eigenvalue weighted by Gasteiger charge is 2.49. The second kappa shape index (κ2) is 9.85. The third-order valence-electron chi connectivity index (χ3n) is 7.17. The van der Waals surface area contributed by atoms with Crippen LogP contribution < -0.4 is 15.0 Å². The van der Waals surface area contributed by atoms with Gasteiger partial charge in [0.1, 0.15) is 22.7 Å². The average molecular weight is 493 g/mol. The van der Waals surface area contributed by atoms with E-state index in [-0.39, 0.29) is 24.4 Å². The number of carbonyl (C=O) groups excluding carboxylic acids is 2. The second-order valence-electron chi connectivity index (χ2n) is 9.68. The van der Waals surface area contributed by atoms with Crippen LogP contribution in [0.4, 0.5) is 5.69 Å². The molecule has 184 valence electrons. The van der Waals surface area contributed by atoms with Crippen molar-refractivity contribution in [1.29, 1.82) is 0 Å². The van der Waals surface area contributed by atoms with E-state index in [2.05, 4.69) is 5.32 Å². The van der Waals surface area contributed by atoms with Gasteiger partial charge >= 0.3 is 0 Å². The van der Waals surface area contributed by atoms with E-state index in [0.717, 1.165) is 36.3 Å². The zero-order chi connectivity index (χ0) is 24.4. The number of rotatable bonds is 5. The summed E-state index contributed by atoms with van der Waals surface area (Å²) in [6, 6.07) is 13.3. The molecular weight excluding hydrogens is 460 g/mol. The van der Waals surface area contributed by atoms with Crippen LogP contribution in [0.1, 0.15) is 62.4 Å². The van der Waals surface area contributed by atoms with Crippen molar-refractivity contribution < 1.29 is 14.3 Å². The molecule has 1 unspecified atom stereocenters. The van der Waals surface area contributed by atoms with Gasteiger partial charge < -0.3 is 10.1 Å². The number of methoxy groups -OCH3 is 1. The third kappa shape index (κ3) is 4.59. The van der Waals surface area contributed by atoms with Crippen LogP contribution in [0.25, 0.3) is 10.6 Å². The summed E-state index contributed by atoms with van der Waals surface area (Å²) in [4.78, 5) is 30.5. The predicted octanol–water partition coefficient (Wildman–Crippen LogP) is 5.27. The van der Waals surface area contributed by atoms with Gasteiger partial charge in [0.15, 0.2) is 0 Å². The maximum Gasteiger partial charge on any atom is 0.277 e. The number of amides is 2. The largest absolute Gasteiger partial charge is 0.497 e. The summed E-state index contributed by atoms with van der Waals surface area (Å²) in [5.74, 6) is 0.254. The van der Waals surface area contributed by atoms with Crippen LogP contribution in [0.2, 0.25) is 0 Å². The van der Waals surface area contributed by atoms with Crippen molar-refractivity contribution in [3.63, 3.8) is 0 Å². The van der Waals surface area contributed by atoms with E-state index in [1.54, 1.807) is 28.0 Å². The molecule has 1 aliphatic heterocycles. The van der Waals surface area contributed by atoms with Crippen molar-refractivity contribution >= 4 is 28.8 Å². The zero-order valence-electron chi connectivity index (χ0n) is 20.3. The van der Waals surface area contributed by atoms with E-state index in [1.807, 2.05) is 54.8 Å². The number of benzene rings is 1. The maximum absolute atomic E-state index is 14.0. The lowest BCUT2D eigenvalue weighted by atomic mass is 9.91. The average Bonchev–Trinajstić information content (AvgIpc) is 3.51. The van der Waals surface area contributed by atoms with Crippen LogP contribution in [0.15, 0.2) is 47.8 Å². The van der Waals surface area contributed by atoms with E-state index in [9.17, 15) is 9.59 Å². The summed E-state index contributed by atoms with van der Waals surface area (Å²) in [6.07, 6.45) is 7.88. The molecule has 0 radical (unpaired) electrons. The van der Waals surface area contributed by atoms with Gasteiger partial charge in [-0.05, 0) is 49.4 Å². The minimum Gasteiger partial charge on any atom is -0.497 e. The molecule has 0 spiro atoms. The van der Waals surface area contributed by atoms with E-state index in [0.29, 0.717) is 17.1 Å². The Morgan fingerprint density at radius 3 is 2.60 bits per heavy atom. The molecule has 1 saturated carbocycles. The lowest BCUT2D eigenvalue weighted by Gasteiger charge is -2.43. The fraction of sp³-hybridized carbons (Fsp3) is 0.444. The number of nitrogens with zero attached hydrogens (tertiary/aromatic N) is 3. The molecule has 5 rings (SSSR count). The number of ether oxygens (including phenoxy) is 1. The molecule has 1 aliphatic carbocycles. The van der Waals surface area contributed by atoms with Crippen molar-refractivity contribution in [2.24, 2.45) is 0 Å². The molecule has 1 atom stereocenters. The molecule has 1 aromatic carbocycles. The zero-order valence-corrected chi connectivity index (χ0v) is 21.1. The number of anilines is 1. The molecule has 2 aromatic heterocycles. The van der Waals surface area contributed by atoms with Crippen molar-refractivity contribution in [2.75, 3.05) is 12.0 Å². The fourth-order valence-electron chi connectivity index (χ4n) is 5.22. The number of aromatic nitrogens is 2. The van der Waals surface area contributed by atoms with Gasteiger partial charge in [-0.15, -0.1) is 11.3 Å². The number of hydrogen-bond donors (Lipinski definition) is 1. The molecule has 2 aliphatic rings. The Kier molecular flexibility index (Phi) is 6.65. The van der Waals surface area contributed by atoms with Crippen LogP contribution in [0, 0.1) is 0 Å². The number of fused-ring (bicyclic) bond motifs is 1. The lowest BCUT2D eigenvalue weighted by molar-refractivity contribution is -0.127. The molecule has 2 amide bonds. The van der Waals surface area contributed by atoms with Gasteiger partial charge in [-0.25, -0.2) is 0 Å². The normalized spacial score (nSPS) is 21.2. The van der Waals surface area contributed by atoms with E-state index in [1.165, 1.54) is 19.3 Å². The summed E-state index contributed by atoms with van der Waals surface area (Å²) >= 11 is 1.58. The Balaban J connectivity index is 1.53. The van der Waals surface area contributed by atoms with Crippen molar-refractivity contribution in [1.82, 2.24) is 15.1 Å². The summed E-state index contributed by atoms with van der Waals surface area (Å²) in [5, 5.41) is 10.0. The van der Waals surface area contributed by atoms with Crippen LogP contribution >= 0.6 is 11.3 Å². The first-order chi connectivity index (χ1) is 17.0. The monoisotopic (exact) mass is 492 g/mol. The van der Waals surface area contributed by atoms with Crippen molar-refractivity contribution in [3.8, 4) is 16.3 Å². The molecule has 1 fully saturated rings. The van der Waals surface area contributed by atoms with Crippen molar-refractivity contribution in [2.45, 2.75) is 70.0 Å². The van der Waals surface area contributed by atoms with Crippen LogP contribution in [-0.2, 0) is 11.3 Å². The SMILES string of the molecule is COc1cccc(N2C(=O)c3cc(-c4cccs4)nn3CC2(C)C(=O)NC2CCCCCCC2)c1. The molecule has 8 heteroatoms. The number of thiophene rings is 1. The molecule has 1 N–H and O–H groups in total. The minimum atomic E-state index is -1.14. The predicted molar refractivity (Wildman–Crippen MR) is 138 cm³/mol. The van der Waals surface area contributed by atoms with Gasteiger partial charge in [0.25, 0.3) is 5.91 Å². The number of hydrogen-bond acceptors (Lipinski definition) is 5. The molecule has 3 aromatic rings. The van der Waals surface area contributed by atoms with E-state index >= 15 is 0 Å². The van der Waals surface area contributed by atoms with Gasteiger partial charge in [0.05, 0.1) is 18.5 Å². The number of carbonyl (C=O) groups is 2. The summed E-state index contributed by atoms with van der Waals surface area (Å²) in [5.41, 5.74) is 0.721. The molecule has 35 heavy (non-hydrogen) atoms. The smallest absolute Gasteiger partial charge is 0.277 e. The van der Waals surface area contributed by atoms with Gasteiger partial charge in [-0.1, -0.05) is 44.2 Å². The van der Waals surface area contributed by atoms with Gasteiger partial charge in [0, 0.05) is 17.8 Å². The topological polar surface area (TPSA) is 76.5 Å². The summed E-state index contributed by atoms with van der Waals surface area (Å²) < 4.78 is 7.12. The van der Waals surface area contributed by atoms with Crippen LogP contribution in [0.3, 0.4) is 0 Å². The van der Waals surface area contributed by atoms with E-state index < -0.39 is 5.54 Å². The van der Waals surface area contributed by atoms with Crippen LogP contribution in [-0.4, -0.2) is 40.3 Å². The Morgan fingerprint density at radius 1 is 1.11 bits per heavy atom. The molecular formula is C27H32N4O3S. The summed E-state index contributed by atoms with van der Waals surface area (Å²) in [6.45, 7) is 2.12. The summed E-state index contributed by atoms with van der Waals surface area (Å²) in [7, 11) is 1.60. The highest BCUT2D eigenvalue weighted by Crippen LogP contribution is 2.36. The minimum absolute atomic E-state index is 0.127. The highest BCUT2D eigenvalue weighted by atomic mass is 32.1. The van der Waals surface area contributed by atoms with Gasteiger partial charge in [-0.3, -0.25) is 19.2 Å². The molecule has 0 bridgehead atoms. The molecule has 0 saturated heterocycles. The highest BCUT2D eigenvalue weighted by molar-refractivity contribution is 7.13. The first kappa shape index (κ1) is 23.6. The first-order valence-corrected chi connectivity index (χ1v) is 13.3. The van der Waals surface area contributed by atoms with Crippen LogP contribution in [0.5, 0.6) is 5.75 Å². The third-order valence-corrected chi connectivity index (χ3v) is 8.06. The Morgan fingerprint density at radius 2 is 1.89 bits per heavy atom. The Labute approximate surface area is 210 Å². The molecule has 3 heterocycles. The van der Waals surface area contributed by atoms with E-state index in [4.69, 9.17) is 9.84 Å². The van der Waals surface area contributed by atoms with Crippen molar-refractivity contribution in [3.05, 3.63) is 53.5 Å². The second-order valence-corrected chi connectivity index (χ2v) is 10.6. The molecule has 7 nitrogen and oxygen atoms in total. The maximum atomic E-state index is 14.0. The lowest BCUT2D eigenvalue weighted by Crippen LogP contribution is -2.65. The Bertz CT molecular complexity index is 1200. The Hall–Kier alpha value is -3.13. The van der Waals surface area contributed by atoms with Gasteiger partial charge in [0.2, 0.25) is 5.91 Å².